The van der Waals surface area contributed by atoms with E-state index < -0.39 is 0 Å². The number of halogens is 2. The predicted molar refractivity (Wildman–Crippen MR) is 126 cm³/mol. The first-order valence-corrected chi connectivity index (χ1v) is 10.1. The maximum Gasteiger partial charge on any atom is 0.191 e. The second kappa shape index (κ2) is 14.4. The van der Waals surface area contributed by atoms with Gasteiger partial charge >= 0.3 is 0 Å². The minimum absolute atomic E-state index is 0. The lowest BCUT2D eigenvalue weighted by Crippen LogP contribution is -2.43. The minimum Gasteiger partial charge on any atom is -0.382 e. The summed E-state index contributed by atoms with van der Waals surface area (Å²) in [6, 6.07) is 8.53. The molecule has 0 spiro atoms. The van der Waals surface area contributed by atoms with E-state index in [1.54, 1.807) is 0 Å². The van der Waals surface area contributed by atoms with Gasteiger partial charge in [-0.05, 0) is 63.4 Å². The number of unbranched alkanes of at least 4 members (excludes halogenated alkanes) is 1. The van der Waals surface area contributed by atoms with E-state index in [2.05, 4.69) is 32.7 Å². The van der Waals surface area contributed by atoms with Crippen LogP contribution < -0.4 is 10.6 Å². The molecule has 1 saturated heterocycles. The molecule has 0 bridgehead atoms. The summed E-state index contributed by atoms with van der Waals surface area (Å²) in [5.74, 6) is 0.854. The first-order chi connectivity index (χ1) is 12.7. The maximum atomic E-state index is 6.22. The van der Waals surface area contributed by atoms with E-state index in [9.17, 15) is 0 Å². The maximum absolute atomic E-state index is 6.22. The topological polar surface area (TPSA) is 48.9 Å². The zero-order valence-electron chi connectivity index (χ0n) is 16.5. The van der Waals surface area contributed by atoms with Crippen molar-refractivity contribution in [3.8, 4) is 0 Å². The van der Waals surface area contributed by atoms with Crippen LogP contribution in [0.25, 0.3) is 0 Å². The Hall–Kier alpha value is -0.570. The van der Waals surface area contributed by atoms with Crippen molar-refractivity contribution in [3.63, 3.8) is 0 Å². The Morgan fingerprint density at radius 3 is 2.70 bits per heavy atom. The summed E-state index contributed by atoms with van der Waals surface area (Å²) in [5.41, 5.74) is 1.26. The average molecular weight is 509 g/mol. The highest BCUT2D eigenvalue weighted by molar-refractivity contribution is 14.0. The molecular weight excluding hydrogens is 475 g/mol. The molecule has 0 saturated carbocycles. The molecule has 7 heteroatoms. The number of hydrogen-bond acceptors (Lipinski definition) is 3. The number of ether oxygens (including phenoxy) is 1. The summed E-state index contributed by atoms with van der Waals surface area (Å²) in [7, 11) is 1.82. The molecule has 1 aromatic rings. The van der Waals surface area contributed by atoms with E-state index in [1.165, 1.54) is 18.4 Å². The van der Waals surface area contributed by atoms with Crippen molar-refractivity contribution < 1.29 is 4.74 Å². The van der Waals surface area contributed by atoms with Crippen molar-refractivity contribution in [3.05, 3.63) is 34.9 Å². The zero-order valence-corrected chi connectivity index (χ0v) is 19.6. The van der Waals surface area contributed by atoms with E-state index in [-0.39, 0.29) is 24.0 Å². The third-order valence-corrected chi connectivity index (χ3v) is 4.95. The van der Waals surface area contributed by atoms with Gasteiger partial charge in [0.25, 0.3) is 0 Å². The molecule has 1 heterocycles. The van der Waals surface area contributed by atoms with Crippen molar-refractivity contribution >= 4 is 41.5 Å². The molecule has 1 atom stereocenters. The van der Waals surface area contributed by atoms with Gasteiger partial charge in [-0.1, -0.05) is 23.7 Å². The highest BCUT2D eigenvalue weighted by atomic mass is 127. The van der Waals surface area contributed by atoms with Crippen LogP contribution in [0.4, 0.5) is 0 Å². The van der Waals surface area contributed by atoms with Gasteiger partial charge < -0.3 is 15.4 Å². The fourth-order valence-electron chi connectivity index (χ4n) is 3.32. The van der Waals surface area contributed by atoms with Crippen LogP contribution >= 0.6 is 35.6 Å². The molecule has 27 heavy (non-hydrogen) atoms. The summed E-state index contributed by atoms with van der Waals surface area (Å²) in [6.45, 7) is 7.65. The average Bonchev–Trinajstić information content (AvgIpc) is 3.17. The molecule has 154 valence electrons. The molecule has 0 amide bonds. The summed E-state index contributed by atoms with van der Waals surface area (Å²) in [4.78, 5) is 6.89. The Bertz CT molecular complexity index is 553. The molecule has 0 aromatic heterocycles. The van der Waals surface area contributed by atoms with E-state index in [4.69, 9.17) is 16.3 Å². The standard InChI is InChI=1S/C20H33ClN4O.HI/c1-3-26-14-7-4-11-23-20(22-2)24-16-19(25-12-5-6-13-25)17-9-8-10-18(21)15-17;/h8-10,15,19H,3-7,11-14,16H2,1-2H3,(H2,22,23,24);1H. The van der Waals surface area contributed by atoms with Crippen LogP contribution in [0.5, 0.6) is 0 Å². The second-order valence-corrected chi connectivity index (χ2v) is 7.03. The third-order valence-electron chi connectivity index (χ3n) is 4.71. The van der Waals surface area contributed by atoms with Crippen molar-refractivity contribution in [1.82, 2.24) is 15.5 Å². The van der Waals surface area contributed by atoms with Gasteiger partial charge in [0, 0.05) is 38.4 Å². The van der Waals surface area contributed by atoms with Crippen LogP contribution in [0.1, 0.15) is 44.2 Å². The molecule has 1 aliphatic rings. The highest BCUT2D eigenvalue weighted by Crippen LogP contribution is 2.26. The molecule has 1 unspecified atom stereocenters. The molecule has 1 fully saturated rings. The van der Waals surface area contributed by atoms with Gasteiger partial charge in [0.2, 0.25) is 0 Å². The van der Waals surface area contributed by atoms with Gasteiger partial charge in [-0.2, -0.15) is 0 Å². The summed E-state index contributed by atoms with van der Waals surface area (Å²) in [6.07, 6.45) is 4.68. The number of benzene rings is 1. The first-order valence-electron chi connectivity index (χ1n) is 9.76. The van der Waals surface area contributed by atoms with E-state index in [0.29, 0.717) is 6.04 Å². The molecule has 2 rings (SSSR count). The smallest absolute Gasteiger partial charge is 0.191 e. The van der Waals surface area contributed by atoms with Crippen molar-refractivity contribution in [2.75, 3.05) is 46.4 Å². The molecule has 0 aliphatic carbocycles. The molecule has 0 radical (unpaired) electrons. The monoisotopic (exact) mass is 508 g/mol. The summed E-state index contributed by atoms with van der Waals surface area (Å²) in [5, 5.41) is 7.68. The number of nitrogens with one attached hydrogen (secondary N) is 2. The van der Waals surface area contributed by atoms with Crippen LogP contribution in [0.3, 0.4) is 0 Å². The minimum atomic E-state index is 0. The zero-order chi connectivity index (χ0) is 18.6. The molecule has 5 nitrogen and oxygen atoms in total. The molecule has 2 N–H and O–H groups in total. The Morgan fingerprint density at radius 1 is 1.26 bits per heavy atom. The van der Waals surface area contributed by atoms with E-state index in [0.717, 1.165) is 63.2 Å². The van der Waals surface area contributed by atoms with Crippen molar-refractivity contribution in [2.45, 2.75) is 38.6 Å². The van der Waals surface area contributed by atoms with Crippen LogP contribution in [0, 0.1) is 0 Å². The third kappa shape index (κ3) is 8.98. The number of hydrogen-bond donors (Lipinski definition) is 2. The second-order valence-electron chi connectivity index (χ2n) is 6.60. The van der Waals surface area contributed by atoms with Crippen molar-refractivity contribution in [2.24, 2.45) is 4.99 Å². The number of likely N-dealkylation sites (tertiary alicyclic amines) is 1. The van der Waals surface area contributed by atoms with Gasteiger partial charge in [0.05, 0.1) is 6.04 Å². The lowest BCUT2D eigenvalue weighted by molar-refractivity contribution is 0.143. The van der Waals surface area contributed by atoms with Gasteiger partial charge in [0.15, 0.2) is 5.96 Å². The fourth-order valence-corrected chi connectivity index (χ4v) is 3.52. The van der Waals surface area contributed by atoms with Gasteiger partial charge in [-0.25, -0.2) is 0 Å². The van der Waals surface area contributed by atoms with E-state index >= 15 is 0 Å². The first kappa shape index (κ1) is 24.5. The van der Waals surface area contributed by atoms with Crippen molar-refractivity contribution in [1.29, 1.82) is 0 Å². The van der Waals surface area contributed by atoms with Crippen LogP contribution in [-0.2, 0) is 4.74 Å². The highest BCUT2D eigenvalue weighted by Gasteiger charge is 2.23. The lowest BCUT2D eigenvalue weighted by Gasteiger charge is -2.29. The summed E-state index contributed by atoms with van der Waals surface area (Å²) < 4.78 is 5.37. The number of nitrogens with zero attached hydrogens (tertiary/aromatic N) is 2. The lowest BCUT2D eigenvalue weighted by atomic mass is 10.1. The number of rotatable bonds is 10. The Balaban J connectivity index is 0.00000364. The van der Waals surface area contributed by atoms with Gasteiger partial charge in [0.1, 0.15) is 0 Å². The Labute approximate surface area is 186 Å². The van der Waals surface area contributed by atoms with Crippen LogP contribution in [0.15, 0.2) is 29.3 Å². The Kier molecular flexibility index (Phi) is 13.1. The van der Waals surface area contributed by atoms with E-state index in [1.807, 2.05) is 26.1 Å². The normalized spacial score (nSPS) is 16.0. The number of guanidine groups is 1. The summed E-state index contributed by atoms with van der Waals surface area (Å²) >= 11 is 6.22. The fraction of sp³-hybridized carbons (Fsp3) is 0.650. The van der Waals surface area contributed by atoms with Crippen LogP contribution in [0.2, 0.25) is 5.02 Å². The Morgan fingerprint density at radius 2 is 2.04 bits per heavy atom. The quantitative estimate of drug-likeness (QED) is 0.216. The molecular formula is C20H34ClIN4O. The largest absolute Gasteiger partial charge is 0.382 e. The van der Waals surface area contributed by atoms with Crippen LogP contribution in [-0.4, -0.2) is 57.3 Å². The van der Waals surface area contributed by atoms with Gasteiger partial charge in [-0.15, -0.1) is 24.0 Å². The number of aliphatic imine (C=N–C) groups is 1. The predicted octanol–water partition coefficient (Wildman–Crippen LogP) is 4.08. The molecule has 1 aliphatic heterocycles. The SMILES string of the molecule is CCOCCCCNC(=NC)NCC(c1cccc(Cl)c1)N1CCCC1.I. The molecule has 1 aromatic carbocycles. The van der Waals surface area contributed by atoms with Gasteiger partial charge in [-0.3, -0.25) is 9.89 Å².